The molecule has 1 fully saturated rings. The highest BCUT2D eigenvalue weighted by Crippen LogP contribution is 2.25. The molecule has 0 unspecified atom stereocenters. The van der Waals surface area contributed by atoms with Gasteiger partial charge in [-0.25, -0.2) is 0 Å². The predicted molar refractivity (Wildman–Crippen MR) is 104 cm³/mol. The number of carbonyl (C=O) groups excluding carboxylic acids is 1. The Kier molecular flexibility index (Phi) is 6.68. The predicted octanol–water partition coefficient (Wildman–Crippen LogP) is 3.19. The van der Waals surface area contributed by atoms with Gasteiger partial charge in [-0.2, -0.15) is 0 Å². The minimum Gasteiger partial charge on any atom is -0.379 e. The number of nitrogens with zero attached hydrogens (tertiary/aromatic N) is 2. The van der Waals surface area contributed by atoms with Crippen LogP contribution in [0.1, 0.15) is 10.5 Å². The van der Waals surface area contributed by atoms with Crippen LogP contribution in [-0.2, 0) is 4.74 Å². The van der Waals surface area contributed by atoms with Crippen LogP contribution in [0, 0.1) is 0 Å². The van der Waals surface area contributed by atoms with Gasteiger partial charge in [0, 0.05) is 53.8 Å². The van der Waals surface area contributed by atoms with E-state index in [1.807, 2.05) is 0 Å². The van der Waals surface area contributed by atoms with E-state index >= 15 is 0 Å². The van der Waals surface area contributed by atoms with Crippen LogP contribution in [0.2, 0.25) is 10.0 Å². The summed E-state index contributed by atoms with van der Waals surface area (Å²) in [5.41, 5.74) is 1.83. The summed E-state index contributed by atoms with van der Waals surface area (Å²) in [6, 6.07) is 8.65. The fourth-order valence-corrected chi connectivity index (χ4v) is 3.19. The molecule has 1 amide bonds. The van der Waals surface area contributed by atoms with Crippen LogP contribution in [0.5, 0.6) is 0 Å². The SMILES string of the molecule is O=C(NCCN1CCOCC1)c1cc(Nc2cc(Cl)cc(Cl)c2)ccn1. The molecule has 1 aliphatic heterocycles. The molecule has 1 aromatic carbocycles. The van der Waals surface area contributed by atoms with Crippen molar-refractivity contribution < 1.29 is 9.53 Å². The smallest absolute Gasteiger partial charge is 0.269 e. The normalized spacial score (nSPS) is 14.8. The Morgan fingerprint density at radius 1 is 1.12 bits per heavy atom. The molecule has 26 heavy (non-hydrogen) atoms. The first-order valence-corrected chi connectivity index (χ1v) is 9.13. The van der Waals surface area contributed by atoms with Crippen molar-refractivity contribution in [2.75, 3.05) is 44.7 Å². The first-order valence-electron chi connectivity index (χ1n) is 8.37. The molecular weight excluding hydrogens is 375 g/mol. The lowest BCUT2D eigenvalue weighted by atomic mass is 10.2. The molecule has 2 heterocycles. The van der Waals surface area contributed by atoms with Crippen molar-refractivity contribution in [2.24, 2.45) is 0 Å². The third kappa shape index (κ3) is 5.57. The number of carbonyl (C=O) groups is 1. The van der Waals surface area contributed by atoms with Gasteiger partial charge < -0.3 is 15.4 Å². The lowest BCUT2D eigenvalue weighted by molar-refractivity contribution is 0.0383. The van der Waals surface area contributed by atoms with Gasteiger partial charge in [0.05, 0.1) is 13.2 Å². The maximum absolute atomic E-state index is 12.3. The molecule has 6 nitrogen and oxygen atoms in total. The van der Waals surface area contributed by atoms with Crippen molar-refractivity contribution in [3.05, 3.63) is 52.3 Å². The van der Waals surface area contributed by atoms with Gasteiger partial charge in [-0.05, 0) is 30.3 Å². The first kappa shape index (κ1) is 18.9. The van der Waals surface area contributed by atoms with Crippen molar-refractivity contribution in [2.45, 2.75) is 0 Å². The van der Waals surface area contributed by atoms with Gasteiger partial charge in [-0.3, -0.25) is 14.7 Å². The van der Waals surface area contributed by atoms with E-state index in [-0.39, 0.29) is 5.91 Å². The molecule has 3 rings (SSSR count). The van der Waals surface area contributed by atoms with Gasteiger partial charge in [-0.1, -0.05) is 23.2 Å². The summed E-state index contributed by atoms with van der Waals surface area (Å²) >= 11 is 12.0. The molecular formula is C18H20Cl2N4O2. The van der Waals surface area contributed by atoms with E-state index in [4.69, 9.17) is 27.9 Å². The lowest BCUT2D eigenvalue weighted by Crippen LogP contribution is -2.41. The fourth-order valence-electron chi connectivity index (χ4n) is 2.67. The summed E-state index contributed by atoms with van der Waals surface area (Å²) < 4.78 is 5.31. The van der Waals surface area contributed by atoms with Crippen LogP contribution in [-0.4, -0.2) is 55.2 Å². The fraction of sp³-hybridized carbons (Fsp3) is 0.333. The van der Waals surface area contributed by atoms with Crippen LogP contribution in [0.3, 0.4) is 0 Å². The largest absolute Gasteiger partial charge is 0.379 e. The third-order valence-electron chi connectivity index (χ3n) is 3.96. The van der Waals surface area contributed by atoms with Crippen molar-refractivity contribution in [3.63, 3.8) is 0 Å². The summed E-state index contributed by atoms with van der Waals surface area (Å²) in [7, 11) is 0. The Morgan fingerprint density at radius 2 is 1.85 bits per heavy atom. The van der Waals surface area contributed by atoms with Crippen LogP contribution < -0.4 is 10.6 Å². The molecule has 8 heteroatoms. The zero-order chi connectivity index (χ0) is 18.4. The van der Waals surface area contributed by atoms with Gasteiger partial charge in [0.25, 0.3) is 5.91 Å². The summed E-state index contributed by atoms with van der Waals surface area (Å²) in [6.07, 6.45) is 1.59. The first-order chi connectivity index (χ1) is 12.6. The highest BCUT2D eigenvalue weighted by molar-refractivity contribution is 6.35. The van der Waals surface area contributed by atoms with E-state index in [9.17, 15) is 4.79 Å². The van der Waals surface area contributed by atoms with E-state index < -0.39 is 0 Å². The zero-order valence-electron chi connectivity index (χ0n) is 14.2. The number of ether oxygens (including phenoxy) is 1. The number of benzene rings is 1. The average Bonchev–Trinajstić information content (AvgIpc) is 2.62. The van der Waals surface area contributed by atoms with Crippen LogP contribution >= 0.6 is 23.2 Å². The lowest BCUT2D eigenvalue weighted by Gasteiger charge is -2.26. The summed E-state index contributed by atoms with van der Waals surface area (Å²) in [5.74, 6) is -0.203. The van der Waals surface area contributed by atoms with Gasteiger partial charge in [0.15, 0.2) is 0 Å². The number of nitrogens with one attached hydrogen (secondary N) is 2. The van der Waals surface area contributed by atoms with Gasteiger partial charge >= 0.3 is 0 Å². The number of amides is 1. The summed E-state index contributed by atoms with van der Waals surface area (Å²) in [4.78, 5) is 18.7. The Bertz CT molecular complexity index is 746. The molecule has 2 aromatic rings. The van der Waals surface area contributed by atoms with E-state index in [0.717, 1.165) is 44.2 Å². The Labute approximate surface area is 162 Å². The molecule has 138 valence electrons. The number of anilines is 2. The van der Waals surface area contributed by atoms with E-state index in [0.29, 0.717) is 22.3 Å². The van der Waals surface area contributed by atoms with E-state index in [1.54, 1.807) is 36.5 Å². The molecule has 0 bridgehead atoms. The molecule has 1 aliphatic rings. The van der Waals surface area contributed by atoms with E-state index in [2.05, 4.69) is 20.5 Å². The number of pyridine rings is 1. The van der Waals surface area contributed by atoms with Crippen LogP contribution in [0.25, 0.3) is 0 Å². The molecule has 1 saturated heterocycles. The van der Waals surface area contributed by atoms with Gasteiger partial charge in [0.2, 0.25) is 0 Å². The minimum absolute atomic E-state index is 0.203. The highest BCUT2D eigenvalue weighted by Gasteiger charge is 2.12. The van der Waals surface area contributed by atoms with Crippen molar-refractivity contribution in [1.82, 2.24) is 15.2 Å². The number of rotatable bonds is 6. The molecule has 0 aliphatic carbocycles. The average molecular weight is 395 g/mol. The number of halogens is 2. The minimum atomic E-state index is -0.203. The van der Waals surface area contributed by atoms with E-state index in [1.165, 1.54) is 0 Å². The second-order valence-corrected chi connectivity index (χ2v) is 6.80. The van der Waals surface area contributed by atoms with Crippen molar-refractivity contribution in [3.8, 4) is 0 Å². The third-order valence-corrected chi connectivity index (χ3v) is 4.40. The van der Waals surface area contributed by atoms with Crippen LogP contribution in [0.15, 0.2) is 36.5 Å². The van der Waals surface area contributed by atoms with Gasteiger partial charge in [0.1, 0.15) is 5.69 Å². The van der Waals surface area contributed by atoms with Crippen molar-refractivity contribution >= 4 is 40.5 Å². The zero-order valence-corrected chi connectivity index (χ0v) is 15.7. The second-order valence-electron chi connectivity index (χ2n) is 5.92. The number of morpholine rings is 1. The number of hydrogen-bond donors (Lipinski definition) is 2. The Hall–Kier alpha value is -1.86. The maximum Gasteiger partial charge on any atom is 0.269 e. The molecule has 2 N–H and O–H groups in total. The molecule has 0 atom stereocenters. The quantitative estimate of drug-likeness (QED) is 0.787. The van der Waals surface area contributed by atoms with Crippen LogP contribution in [0.4, 0.5) is 11.4 Å². The Morgan fingerprint density at radius 3 is 2.58 bits per heavy atom. The summed E-state index contributed by atoms with van der Waals surface area (Å²) in [6.45, 7) is 4.66. The Balaban J connectivity index is 1.56. The number of aromatic nitrogens is 1. The number of hydrogen-bond acceptors (Lipinski definition) is 5. The topological polar surface area (TPSA) is 66.5 Å². The molecule has 1 aromatic heterocycles. The van der Waals surface area contributed by atoms with Gasteiger partial charge in [-0.15, -0.1) is 0 Å². The standard InChI is InChI=1S/C18H20Cl2N4O2/c19-13-9-14(20)11-16(10-13)23-15-1-2-21-17(12-15)18(25)22-3-4-24-5-7-26-8-6-24/h1-2,9-12H,3-8H2,(H,21,23)(H,22,25). The maximum atomic E-state index is 12.3. The second kappa shape index (κ2) is 9.19. The molecule has 0 radical (unpaired) electrons. The summed E-state index contributed by atoms with van der Waals surface area (Å²) in [5, 5.41) is 7.15. The highest BCUT2D eigenvalue weighted by atomic mass is 35.5. The molecule has 0 saturated carbocycles. The van der Waals surface area contributed by atoms with Crippen molar-refractivity contribution in [1.29, 1.82) is 0 Å². The monoisotopic (exact) mass is 394 g/mol. The molecule has 0 spiro atoms.